The minimum absolute atomic E-state index is 0.115. The van der Waals surface area contributed by atoms with Gasteiger partial charge in [0.1, 0.15) is 11.4 Å². The highest BCUT2D eigenvalue weighted by Crippen LogP contribution is 2.39. The number of nitrogens with one attached hydrogen (secondary N) is 3. The molecule has 3 aromatic rings. The third kappa shape index (κ3) is 5.35. The molecule has 2 aromatic heterocycles. The molecule has 0 radical (unpaired) electrons. The summed E-state index contributed by atoms with van der Waals surface area (Å²) in [5.74, 6) is -0.0103. The molecular formula is C28H31N5O4. The zero-order chi connectivity index (χ0) is 26.2. The van der Waals surface area contributed by atoms with Gasteiger partial charge < -0.3 is 25.3 Å². The van der Waals surface area contributed by atoms with Crippen molar-refractivity contribution in [1.82, 2.24) is 14.9 Å². The van der Waals surface area contributed by atoms with E-state index in [2.05, 4.69) is 20.6 Å². The van der Waals surface area contributed by atoms with Crippen molar-refractivity contribution in [2.75, 3.05) is 23.7 Å². The lowest BCUT2D eigenvalue weighted by molar-refractivity contribution is -0.124. The number of aromatic amines is 1. The molecule has 192 valence electrons. The molecule has 2 aliphatic rings. The van der Waals surface area contributed by atoms with Gasteiger partial charge in [-0.2, -0.15) is 0 Å². The molecule has 1 fully saturated rings. The Labute approximate surface area is 215 Å². The lowest BCUT2D eigenvalue weighted by atomic mass is 9.95. The Hall–Kier alpha value is -4.14. The van der Waals surface area contributed by atoms with Crippen LogP contribution in [0.4, 0.5) is 22.0 Å². The summed E-state index contributed by atoms with van der Waals surface area (Å²) in [7, 11) is 0. The van der Waals surface area contributed by atoms with E-state index in [0.29, 0.717) is 30.9 Å². The van der Waals surface area contributed by atoms with Gasteiger partial charge in [0.2, 0.25) is 5.91 Å². The Bertz CT molecular complexity index is 1340. The molecule has 9 heteroatoms. The second-order valence-electron chi connectivity index (χ2n) is 10.5. The molecule has 3 N–H and O–H groups in total. The van der Waals surface area contributed by atoms with Crippen LogP contribution in [0.5, 0.6) is 0 Å². The number of nitrogens with zero attached hydrogens (tertiary/aromatic N) is 2. The average molecular weight is 502 g/mol. The van der Waals surface area contributed by atoms with Crippen LogP contribution in [-0.2, 0) is 16.0 Å². The number of hydrogen-bond donors (Lipinski definition) is 3. The largest absolute Gasteiger partial charge is 0.444 e. The molecule has 0 bridgehead atoms. The van der Waals surface area contributed by atoms with Gasteiger partial charge >= 0.3 is 6.09 Å². The number of carbonyl (C=O) groups is 3. The lowest BCUT2D eigenvalue weighted by Gasteiger charge is -2.38. The zero-order valence-electron chi connectivity index (χ0n) is 21.3. The maximum absolute atomic E-state index is 12.9. The van der Waals surface area contributed by atoms with Crippen LogP contribution >= 0.6 is 0 Å². The first-order valence-corrected chi connectivity index (χ1v) is 12.5. The minimum atomic E-state index is -0.579. The Kier molecular flexibility index (Phi) is 6.45. The van der Waals surface area contributed by atoms with Crippen LogP contribution in [0.3, 0.4) is 0 Å². The van der Waals surface area contributed by atoms with Crippen LogP contribution in [0.1, 0.15) is 49.7 Å². The maximum atomic E-state index is 12.9. The molecule has 0 unspecified atom stereocenters. The molecule has 0 atom stereocenters. The van der Waals surface area contributed by atoms with Crippen LogP contribution in [0.25, 0.3) is 11.3 Å². The van der Waals surface area contributed by atoms with E-state index in [0.717, 1.165) is 41.2 Å². The normalized spacial score (nSPS) is 15.5. The number of rotatable bonds is 5. The van der Waals surface area contributed by atoms with Gasteiger partial charge in [-0.05, 0) is 57.9 Å². The van der Waals surface area contributed by atoms with Crippen LogP contribution in [0.2, 0.25) is 0 Å². The van der Waals surface area contributed by atoms with Crippen molar-refractivity contribution >= 4 is 35.0 Å². The Balaban J connectivity index is 1.34. The number of para-hydroxylation sites is 1. The molecule has 1 aliphatic heterocycles. The summed E-state index contributed by atoms with van der Waals surface area (Å²) >= 11 is 0. The second-order valence-corrected chi connectivity index (χ2v) is 10.5. The first kappa shape index (κ1) is 24.5. The van der Waals surface area contributed by atoms with Crippen molar-refractivity contribution in [2.45, 2.75) is 45.6 Å². The number of Topliss-reactive ketones (excluding diaryl/α,β-unsaturated/α-hetero) is 1. The summed E-state index contributed by atoms with van der Waals surface area (Å²) in [4.78, 5) is 47.1. The summed E-state index contributed by atoms with van der Waals surface area (Å²) in [6, 6.07) is 13.4. The number of pyridine rings is 1. The third-order valence-electron chi connectivity index (χ3n) is 6.43. The van der Waals surface area contributed by atoms with Crippen molar-refractivity contribution in [2.24, 2.45) is 5.92 Å². The fraction of sp³-hybridized carbons (Fsp3) is 0.357. The minimum Gasteiger partial charge on any atom is -0.444 e. The number of likely N-dealkylation sites (tertiary alicyclic amines) is 1. The van der Waals surface area contributed by atoms with E-state index in [1.54, 1.807) is 12.3 Å². The first-order valence-electron chi connectivity index (χ1n) is 12.5. The first-order chi connectivity index (χ1) is 17.7. The highest BCUT2D eigenvalue weighted by Gasteiger charge is 2.38. The van der Waals surface area contributed by atoms with E-state index in [1.807, 2.05) is 57.2 Å². The van der Waals surface area contributed by atoms with Gasteiger partial charge in [0.25, 0.3) is 0 Å². The number of anilines is 3. The van der Waals surface area contributed by atoms with Gasteiger partial charge in [0.15, 0.2) is 5.78 Å². The van der Waals surface area contributed by atoms with Gasteiger partial charge in [0.05, 0.1) is 22.9 Å². The fourth-order valence-electron chi connectivity index (χ4n) is 4.61. The Morgan fingerprint density at radius 1 is 1.11 bits per heavy atom. The molecule has 1 aromatic carbocycles. The van der Waals surface area contributed by atoms with E-state index in [9.17, 15) is 14.4 Å². The number of carbonyl (C=O) groups excluding carboxylic acids is 3. The molecule has 9 nitrogen and oxygen atoms in total. The number of aromatic nitrogens is 2. The second kappa shape index (κ2) is 9.72. The molecule has 1 aliphatic carbocycles. The smallest absolute Gasteiger partial charge is 0.410 e. The van der Waals surface area contributed by atoms with E-state index in [-0.39, 0.29) is 17.6 Å². The molecule has 3 heterocycles. The molecule has 0 spiro atoms. The van der Waals surface area contributed by atoms with Crippen molar-refractivity contribution in [3.63, 3.8) is 0 Å². The summed E-state index contributed by atoms with van der Waals surface area (Å²) in [5, 5.41) is 6.30. The molecule has 1 saturated heterocycles. The number of amides is 2. The summed E-state index contributed by atoms with van der Waals surface area (Å²) in [5.41, 5.74) is 4.24. The summed E-state index contributed by atoms with van der Waals surface area (Å²) < 4.78 is 5.36. The molecular weight excluding hydrogens is 470 g/mol. The van der Waals surface area contributed by atoms with Crippen molar-refractivity contribution in [3.05, 3.63) is 59.9 Å². The number of hydrogen-bond acceptors (Lipinski definition) is 6. The quantitative estimate of drug-likeness (QED) is 0.446. The topological polar surface area (TPSA) is 116 Å². The zero-order valence-corrected chi connectivity index (χ0v) is 21.3. The molecule has 0 saturated carbocycles. The molecule has 5 rings (SSSR count). The van der Waals surface area contributed by atoms with Crippen LogP contribution in [0, 0.1) is 5.92 Å². The van der Waals surface area contributed by atoms with E-state index < -0.39 is 11.7 Å². The predicted octanol–water partition coefficient (Wildman–Crippen LogP) is 5.14. The number of ketones is 1. The highest BCUT2D eigenvalue weighted by molar-refractivity contribution is 6.07. The third-order valence-corrected chi connectivity index (χ3v) is 6.43. The van der Waals surface area contributed by atoms with Gasteiger partial charge in [-0.3, -0.25) is 9.59 Å². The number of aryl methyl sites for hydroxylation is 1. The number of fused-ring (bicyclic) bond motifs is 1. The monoisotopic (exact) mass is 501 g/mol. The average Bonchev–Trinajstić information content (AvgIpc) is 3.17. The van der Waals surface area contributed by atoms with Gasteiger partial charge in [-0.15, -0.1) is 0 Å². The van der Waals surface area contributed by atoms with Crippen molar-refractivity contribution < 1.29 is 19.1 Å². The van der Waals surface area contributed by atoms with Gasteiger partial charge in [0, 0.05) is 42.7 Å². The molecule has 37 heavy (non-hydrogen) atoms. The number of benzene rings is 1. The molecule has 2 amide bonds. The highest BCUT2D eigenvalue weighted by atomic mass is 16.6. The lowest BCUT2D eigenvalue weighted by Crippen LogP contribution is -2.55. The predicted molar refractivity (Wildman–Crippen MR) is 141 cm³/mol. The maximum Gasteiger partial charge on any atom is 0.410 e. The Morgan fingerprint density at radius 3 is 2.59 bits per heavy atom. The number of H-pyrrole nitrogens is 1. The van der Waals surface area contributed by atoms with E-state index >= 15 is 0 Å². The van der Waals surface area contributed by atoms with E-state index in [4.69, 9.17) is 4.74 Å². The van der Waals surface area contributed by atoms with Crippen LogP contribution in [-0.4, -0.2) is 51.3 Å². The summed E-state index contributed by atoms with van der Waals surface area (Å²) in [6.45, 7) is 6.04. The van der Waals surface area contributed by atoms with E-state index in [1.165, 1.54) is 4.90 Å². The van der Waals surface area contributed by atoms with Crippen molar-refractivity contribution in [3.8, 4) is 11.3 Å². The van der Waals surface area contributed by atoms with Gasteiger partial charge in [-0.1, -0.05) is 18.2 Å². The number of ether oxygens (including phenoxy) is 1. The van der Waals surface area contributed by atoms with Gasteiger partial charge in [-0.25, -0.2) is 9.78 Å². The van der Waals surface area contributed by atoms with Crippen molar-refractivity contribution in [1.29, 1.82) is 0 Å². The van der Waals surface area contributed by atoms with Crippen LogP contribution in [0.15, 0.2) is 48.7 Å². The summed E-state index contributed by atoms with van der Waals surface area (Å²) in [6.07, 6.45) is 3.35. The fourth-order valence-corrected chi connectivity index (χ4v) is 4.61. The standard InChI is InChI=1S/C28H31N5O4/c1-28(2,3)37-27(36)33-15-18(16-33)26(35)32-22-14-17(12-13-29-22)24-25(30-19-8-5-4-6-9-19)23-20(31-24)10-7-11-21(23)34/h4-6,8-9,12-14,18,30-31H,7,10-11,15-16H2,1-3H3,(H,29,32,35). The Morgan fingerprint density at radius 2 is 1.86 bits per heavy atom. The van der Waals surface area contributed by atoms with Crippen LogP contribution < -0.4 is 10.6 Å². The SMILES string of the molecule is CC(C)(C)OC(=O)N1CC(C(=O)Nc2cc(-c3[nH]c4c(c3Nc3ccccc3)C(=O)CCC4)ccn2)C1.